The second kappa shape index (κ2) is 21.2. The number of carbonyl (C=O) groups is 4. The summed E-state index contributed by atoms with van der Waals surface area (Å²) in [6, 6.07) is 10.6. The Bertz CT molecular complexity index is 2570. The molecule has 0 atom stereocenters. The molecule has 342 valence electrons. The molecular weight excluding hydrogens is 853 g/mol. The number of hydrogen-bond acceptors (Lipinski definition) is 16. The van der Waals surface area contributed by atoms with Gasteiger partial charge in [0.25, 0.3) is 11.5 Å². The van der Waals surface area contributed by atoms with Gasteiger partial charge in [0.15, 0.2) is 5.78 Å². The lowest BCUT2D eigenvalue weighted by Gasteiger charge is -2.35. The van der Waals surface area contributed by atoms with Gasteiger partial charge in [-0.3, -0.25) is 38.8 Å². The summed E-state index contributed by atoms with van der Waals surface area (Å²) < 4.78 is 17.2. The van der Waals surface area contributed by atoms with Gasteiger partial charge in [-0.25, -0.2) is 15.0 Å². The number of ether oxygens (including phenoxy) is 2. The summed E-state index contributed by atoms with van der Waals surface area (Å²) in [5.74, 6) is 1.05. The first-order valence-corrected chi connectivity index (χ1v) is 23.0. The van der Waals surface area contributed by atoms with Gasteiger partial charge in [-0.15, -0.1) is 0 Å². The number of amides is 3. The van der Waals surface area contributed by atoms with Crippen molar-refractivity contribution in [3.05, 3.63) is 81.7 Å². The zero-order valence-electron chi connectivity index (χ0n) is 36.6. The fourth-order valence-corrected chi connectivity index (χ4v) is 8.85. The number of rotatable bonds is 20. The predicted molar refractivity (Wildman–Crippen MR) is 246 cm³/mol. The maximum atomic E-state index is 13.6. The molecule has 0 unspecified atom stereocenters. The Balaban J connectivity index is 0.692. The smallest absolute Gasteiger partial charge is 0.263 e. The van der Waals surface area contributed by atoms with Gasteiger partial charge in [0, 0.05) is 67.8 Å². The summed E-state index contributed by atoms with van der Waals surface area (Å²) in [4.78, 5) is 86.8. The molecule has 1 aliphatic heterocycles. The highest BCUT2D eigenvalue weighted by Crippen LogP contribution is 2.39. The van der Waals surface area contributed by atoms with Crippen molar-refractivity contribution in [2.24, 2.45) is 0 Å². The number of hydrogen-bond donors (Lipinski definition) is 4. The Morgan fingerprint density at radius 2 is 1.62 bits per heavy atom. The van der Waals surface area contributed by atoms with Crippen molar-refractivity contribution in [1.82, 2.24) is 39.1 Å². The van der Waals surface area contributed by atoms with E-state index >= 15 is 0 Å². The molecule has 20 heteroatoms. The van der Waals surface area contributed by atoms with Crippen LogP contribution < -0.4 is 31.7 Å². The van der Waals surface area contributed by atoms with E-state index in [4.69, 9.17) is 14.5 Å². The van der Waals surface area contributed by atoms with Crippen molar-refractivity contribution in [2.75, 3.05) is 86.5 Å². The van der Waals surface area contributed by atoms with E-state index in [2.05, 4.69) is 50.4 Å². The predicted octanol–water partition coefficient (Wildman–Crippen LogP) is 4.84. The summed E-state index contributed by atoms with van der Waals surface area (Å²) in [7, 11) is 0. The molecule has 1 saturated heterocycles. The number of para-hydroxylation sites is 1. The first kappa shape index (κ1) is 45.4. The zero-order chi connectivity index (χ0) is 45.3. The normalized spacial score (nSPS) is 15.6. The van der Waals surface area contributed by atoms with E-state index in [-0.39, 0.29) is 66.8 Å². The number of pyridine rings is 2. The highest BCUT2D eigenvalue weighted by Gasteiger charge is 2.29. The molecule has 8 rings (SSSR count). The molecule has 0 spiro atoms. The van der Waals surface area contributed by atoms with Crippen LogP contribution in [0.1, 0.15) is 95.9 Å². The van der Waals surface area contributed by atoms with Crippen LogP contribution in [0.15, 0.2) is 53.6 Å². The van der Waals surface area contributed by atoms with Crippen molar-refractivity contribution in [3.63, 3.8) is 0 Å². The molecule has 19 nitrogen and oxygen atoms in total. The lowest BCUT2D eigenvalue weighted by Crippen LogP contribution is -2.49. The van der Waals surface area contributed by atoms with Gasteiger partial charge >= 0.3 is 0 Å². The van der Waals surface area contributed by atoms with E-state index in [0.29, 0.717) is 83.5 Å². The molecular formula is C45H54N12O7S. The van der Waals surface area contributed by atoms with Gasteiger partial charge in [0.1, 0.15) is 17.3 Å². The number of nitrogens with one attached hydrogen (secondary N) is 4. The zero-order valence-corrected chi connectivity index (χ0v) is 37.5. The second-order valence-corrected chi connectivity index (χ2v) is 17.2. The average molecular weight is 907 g/mol. The van der Waals surface area contributed by atoms with Gasteiger partial charge in [-0.05, 0) is 69.4 Å². The van der Waals surface area contributed by atoms with Gasteiger partial charge in [-0.1, -0.05) is 25.0 Å². The molecule has 0 radical (unpaired) electrons. The topological polar surface area (TPSA) is 228 Å². The maximum Gasteiger partial charge on any atom is 0.263 e. The van der Waals surface area contributed by atoms with E-state index < -0.39 is 0 Å². The van der Waals surface area contributed by atoms with Crippen LogP contribution in [0.3, 0.4) is 0 Å². The molecule has 3 fully saturated rings. The Kier molecular flexibility index (Phi) is 14.8. The molecule has 4 aromatic heterocycles. The number of nitrogens with zero attached hydrogens (tertiary/aromatic N) is 8. The molecule has 2 saturated carbocycles. The summed E-state index contributed by atoms with van der Waals surface area (Å²) >= 11 is 1.15. The largest absolute Gasteiger partial charge is 0.379 e. The van der Waals surface area contributed by atoms with E-state index in [9.17, 15) is 24.0 Å². The van der Waals surface area contributed by atoms with Crippen molar-refractivity contribution in [3.8, 4) is 0 Å². The van der Waals surface area contributed by atoms with Crippen LogP contribution in [0.2, 0.25) is 0 Å². The van der Waals surface area contributed by atoms with Gasteiger partial charge in [0.05, 0.1) is 68.1 Å². The number of benzene rings is 1. The minimum absolute atomic E-state index is 0.00674. The Hall–Kier alpha value is -6.22. The van der Waals surface area contributed by atoms with Crippen LogP contribution in [-0.2, 0) is 19.1 Å². The quantitative estimate of drug-likeness (QED) is 0.0606. The van der Waals surface area contributed by atoms with Crippen LogP contribution in [-0.4, -0.2) is 123 Å². The van der Waals surface area contributed by atoms with Crippen LogP contribution in [0.4, 0.5) is 28.3 Å². The number of ketones is 1. The van der Waals surface area contributed by atoms with Gasteiger partial charge in [-0.2, -0.15) is 9.36 Å². The number of aromatic nitrogens is 6. The van der Waals surface area contributed by atoms with Crippen molar-refractivity contribution >= 4 is 74.3 Å². The summed E-state index contributed by atoms with van der Waals surface area (Å²) in [5, 5.41) is 12.8. The molecule has 1 aromatic carbocycles. The van der Waals surface area contributed by atoms with Crippen LogP contribution in [0.25, 0.3) is 11.0 Å². The monoisotopic (exact) mass is 906 g/mol. The van der Waals surface area contributed by atoms with Crippen molar-refractivity contribution in [2.45, 2.75) is 70.8 Å². The Morgan fingerprint density at radius 1 is 0.846 bits per heavy atom. The van der Waals surface area contributed by atoms with Crippen LogP contribution >= 0.6 is 11.5 Å². The summed E-state index contributed by atoms with van der Waals surface area (Å²) in [5.41, 5.74) is 2.71. The third kappa shape index (κ3) is 11.5. The molecule has 2 aliphatic carbocycles. The minimum Gasteiger partial charge on any atom is -0.379 e. The number of fused-ring (bicyclic) bond motifs is 1. The van der Waals surface area contributed by atoms with E-state index in [1.807, 2.05) is 12.1 Å². The number of anilines is 5. The molecule has 65 heavy (non-hydrogen) atoms. The summed E-state index contributed by atoms with van der Waals surface area (Å²) in [6.07, 6.45) is 9.50. The number of Topliss-reactive ketones (excluding diaryl/α,β-unsaturated/α-hetero) is 1. The van der Waals surface area contributed by atoms with Crippen LogP contribution in [0, 0.1) is 6.92 Å². The highest BCUT2D eigenvalue weighted by atomic mass is 32.1. The second-order valence-electron chi connectivity index (χ2n) is 16.5. The maximum absolute atomic E-state index is 13.6. The highest BCUT2D eigenvalue weighted by molar-refractivity contribution is 7.09. The number of piperazine rings is 1. The molecule has 3 aliphatic rings. The Labute approximate surface area is 379 Å². The molecule has 5 heterocycles. The average Bonchev–Trinajstić information content (AvgIpc) is 3.80. The first-order chi connectivity index (χ1) is 31.6. The molecule has 0 bridgehead atoms. The third-order valence-electron chi connectivity index (χ3n) is 11.8. The lowest BCUT2D eigenvalue weighted by molar-refractivity contribution is -0.122. The van der Waals surface area contributed by atoms with E-state index in [1.54, 1.807) is 48.1 Å². The lowest BCUT2D eigenvalue weighted by atomic mass is 10.0. The van der Waals surface area contributed by atoms with Crippen molar-refractivity contribution < 1.29 is 28.7 Å². The Morgan fingerprint density at radius 3 is 2.35 bits per heavy atom. The number of carbonyl (C=O) groups excluding carboxylic acids is 4. The molecule has 4 N–H and O–H groups in total. The SMILES string of the molecule is CC(=O)c1c(C)c2cnc(Nc3ccc(N4CCN(CC(=O)NCCOCCOCCC(=O)Nc5ccccc5C(=O)Nc5nc(C6CC6)ns5)CC4)cn3)nc2n(C2CCCC2)c1=O. The number of aryl methyl sites for hydroxylation is 1. The molecule has 5 aromatic rings. The fraction of sp³-hybridized carbons (Fsp3) is 0.467. The van der Waals surface area contributed by atoms with E-state index in [0.717, 1.165) is 74.7 Å². The third-order valence-corrected chi connectivity index (χ3v) is 12.5. The fourth-order valence-electron chi connectivity index (χ4n) is 8.20. The van der Waals surface area contributed by atoms with Crippen LogP contribution in [0.5, 0.6) is 0 Å². The standard InChI is InChI=1S/C45H54N12O7S/c1-28-34-26-48-44(52-41(34)57(31-7-3-4-8-31)43(62)39(28)29(2)58)50-36-14-13-32(25-47-36)56-19-17-55(18-20-56)27-38(60)46-16-22-64-24-23-63-21-15-37(59)49-35-10-6-5-9-33(35)42(61)53-45-51-40(54-65-45)30-11-12-30/h5-6,9-10,13-14,25-26,30-31H,3-4,7-8,11-12,15-24,27H2,1-2H3,(H,46,60)(H,49,59)(H,47,48,50,52)(H,51,53,54,61). The van der Waals surface area contributed by atoms with Gasteiger partial charge in [0.2, 0.25) is 22.9 Å². The van der Waals surface area contributed by atoms with Crippen molar-refractivity contribution in [1.29, 1.82) is 0 Å². The first-order valence-electron chi connectivity index (χ1n) is 22.2. The molecule has 3 amide bonds. The summed E-state index contributed by atoms with van der Waals surface area (Å²) in [6.45, 7) is 7.86. The van der Waals surface area contributed by atoms with E-state index in [1.165, 1.54) is 6.92 Å². The van der Waals surface area contributed by atoms with Gasteiger partial charge < -0.3 is 30.3 Å². The minimum atomic E-state index is -0.373.